The van der Waals surface area contributed by atoms with Crippen LogP contribution in [0.25, 0.3) is 0 Å². The zero-order valence-electron chi connectivity index (χ0n) is 61.7. The molecular weight excluding hydrogens is 1440 g/mol. The summed E-state index contributed by atoms with van der Waals surface area (Å²) in [5, 5.41) is 36.7. The fourth-order valence-corrected chi connectivity index (χ4v) is 14.7. The Balaban J connectivity index is 0.000000242. The van der Waals surface area contributed by atoms with E-state index in [1.165, 1.54) is 39.2 Å². The summed E-state index contributed by atoms with van der Waals surface area (Å²) < 4.78 is 0. The first-order valence-electron chi connectivity index (χ1n) is 36.3. The van der Waals surface area contributed by atoms with Crippen LogP contribution >= 0.6 is 23.2 Å². The zero-order valence-corrected chi connectivity index (χ0v) is 63.2. The second-order valence-corrected chi connectivity index (χ2v) is 28.1. The summed E-state index contributed by atoms with van der Waals surface area (Å²) in [6, 6.07) is 73.7. The molecule has 5 aliphatic heterocycles. The molecular formula is C90H117Cl2N17O3. The minimum atomic E-state index is -0.936. The van der Waals surface area contributed by atoms with Crippen LogP contribution in [0.5, 0.6) is 0 Å². The molecule has 0 bridgehead atoms. The van der Waals surface area contributed by atoms with Crippen LogP contribution in [0.2, 0.25) is 0 Å². The van der Waals surface area contributed by atoms with Crippen LogP contribution in [0.1, 0.15) is 133 Å². The number of fused-ring (bicyclic) bond motifs is 5. The molecule has 112 heavy (non-hydrogen) atoms. The zero-order chi connectivity index (χ0) is 75.4. The van der Waals surface area contributed by atoms with Gasteiger partial charge in [-0.05, 0) is 123 Å². The first kappa shape index (κ1) is 92.2. The number of aromatic nitrogens is 5. The lowest BCUT2D eigenvalue weighted by molar-refractivity contribution is 0.0696. The number of nitrogens with two attached hydrogens (primary N) is 1. The molecule has 10 heterocycles. The summed E-state index contributed by atoms with van der Waals surface area (Å²) in [7, 11) is 10.6. The number of aromatic carboxylic acids is 1. The third kappa shape index (κ3) is 25.1. The predicted octanol–water partition coefficient (Wildman–Crippen LogP) is 16.1. The van der Waals surface area contributed by atoms with Crippen LogP contribution in [0.3, 0.4) is 0 Å². The molecule has 0 saturated carbocycles. The van der Waals surface area contributed by atoms with Crippen molar-refractivity contribution in [3.8, 4) is 12.1 Å². The smallest absolute Gasteiger partial charge is 0.339 e. The second kappa shape index (κ2) is 47.1. The number of nitrogen functional groups attached to an aromatic ring is 1. The van der Waals surface area contributed by atoms with Gasteiger partial charge in [-0.3, -0.25) is 0 Å². The summed E-state index contributed by atoms with van der Waals surface area (Å²) in [5.41, 5.74) is 16.7. The third-order valence-electron chi connectivity index (χ3n) is 19.7. The molecule has 15 rings (SSSR count). The lowest BCUT2D eigenvalue weighted by atomic mass is 9.96. The minimum absolute atomic E-state index is 0. The molecule has 5 aliphatic rings. The van der Waals surface area contributed by atoms with Gasteiger partial charge in [0.25, 0.3) is 0 Å². The molecule has 22 heteroatoms. The van der Waals surface area contributed by atoms with Crippen LogP contribution in [-0.2, 0) is 13.0 Å². The maximum atomic E-state index is 11.5. The molecule has 4 N–H and O–H groups in total. The first-order valence-corrected chi connectivity index (χ1v) is 37.2. The number of likely N-dealkylation sites (N-methyl/N-ethyl adjacent to an activating group) is 5. The van der Waals surface area contributed by atoms with E-state index in [4.69, 9.17) is 34.2 Å². The summed E-state index contributed by atoms with van der Waals surface area (Å²) in [4.78, 5) is 53.9. The van der Waals surface area contributed by atoms with Crippen LogP contribution in [0.15, 0.2) is 237 Å². The highest BCUT2D eigenvalue weighted by atomic mass is 35.5. The summed E-state index contributed by atoms with van der Waals surface area (Å²) in [5.74, 6) is 3.44. The van der Waals surface area contributed by atoms with Crippen LogP contribution in [0, 0.1) is 22.7 Å². The number of halogens is 2. The van der Waals surface area contributed by atoms with Gasteiger partial charge in [-0.15, -0.1) is 23.2 Å². The first-order chi connectivity index (χ1) is 52.2. The molecule has 5 aromatic carbocycles. The average molecular weight is 1560 g/mol. The van der Waals surface area contributed by atoms with Crippen molar-refractivity contribution in [3.63, 3.8) is 0 Å². The van der Waals surface area contributed by atoms with Gasteiger partial charge in [0.2, 0.25) is 0 Å². The number of aliphatic hydroxyl groups excluding tert-OH is 1. The van der Waals surface area contributed by atoms with E-state index in [0.29, 0.717) is 34.7 Å². The van der Waals surface area contributed by atoms with Gasteiger partial charge in [0.1, 0.15) is 46.8 Å². The van der Waals surface area contributed by atoms with Gasteiger partial charge in [-0.25, -0.2) is 29.7 Å². The largest absolute Gasteiger partial charge is 0.478 e. The Labute approximate surface area is 677 Å². The SMILES string of the molecule is C.C.C.C.C.CN(CCCl)CC(Cl)c1ccccc1.CN1CCN(c2ncccc2C#N)C(c2ccccc2)C1.CN1CCN(c2ncccc2C(=O)O)C(c2ccccc2)C1.CN1CCN(c2ncccc2CO)C(c2ccccc2)C1.CN1CCN2c3ncccc3Cc3ccccc3C2C1.N#Cc1cccnc1N. The lowest BCUT2D eigenvalue weighted by Crippen LogP contribution is -2.47. The molecule has 0 spiro atoms. The molecule has 594 valence electrons. The number of aliphatic hydroxyl groups is 1. The fraction of sp³-hybridized carbons (Fsp3) is 0.356. The number of carbonyl (C=O) groups is 1. The van der Waals surface area contributed by atoms with Crippen LogP contribution in [-0.4, -0.2) is 198 Å². The van der Waals surface area contributed by atoms with Gasteiger partial charge in [-0.2, -0.15) is 10.5 Å². The minimum Gasteiger partial charge on any atom is -0.478 e. The Morgan fingerprint density at radius 2 is 0.866 bits per heavy atom. The molecule has 0 radical (unpaired) electrons. The molecule has 0 aliphatic carbocycles. The Morgan fingerprint density at radius 3 is 1.34 bits per heavy atom. The van der Waals surface area contributed by atoms with Gasteiger partial charge < -0.3 is 60.0 Å². The fourth-order valence-electron chi connectivity index (χ4n) is 14.0. The molecule has 5 unspecified atom stereocenters. The summed E-state index contributed by atoms with van der Waals surface area (Å²) >= 11 is 11.9. The van der Waals surface area contributed by atoms with Crippen molar-refractivity contribution in [2.45, 2.75) is 79.7 Å². The number of nitriles is 2. The quantitative estimate of drug-likeness (QED) is 0.0912. The van der Waals surface area contributed by atoms with Gasteiger partial charge >= 0.3 is 5.97 Å². The molecule has 0 amide bonds. The summed E-state index contributed by atoms with van der Waals surface area (Å²) in [6.07, 6.45) is 9.68. The highest BCUT2D eigenvalue weighted by molar-refractivity contribution is 6.21. The van der Waals surface area contributed by atoms with Crippen molar-refractivity contribution < 1.29 is 15.0 Å². The van der Waals surface area contributed by atoms with Crippen LogP contribution in [0.4, 0.5) is 29.1 Å². The van der Waals surface area contributed by atoms with Crippen molar-refractivity contribution >= 4 is 58.3 Å². The van der Waals surface area contributed by atoms with E-state index in [-0.39, 0.29) is 72.8 Å². The van der Waals surface area contributed by atoms with E-state index < -0.39 is 5.97 Å². The number of rotatable bonds is 13. The monoisotopic (exact) mass is 1550 g/mol. The van der Waals surface area contributed by atoms with E-state index in [9.17, 15) is 20.3 Å². The Kier molecular flexibility index (Phi) is 38.8. The van der Waals surface area contributed by atoms with Gasteiger partial charge in [-0.1, -0.05) is 195 Å². The number of piperazine rings is 4. The number of carboxylic acids is 1. The van der Waals surface area contributed by atoms with Gasteiger partial charge in [0.05, 0.1) is 47.3 Å². The molecule has 4 fully saturated rings. The van der Waals surface area contributed by atoms with Crippen LogP contribution < -0.4 is 25.3 Å². The average Bonchev–Trinajstić information content (AvgIpc) is 1.20. The van der Waals surface area contributed by atoms with E-state index in [0.717, 1.165) is 121 Å². The van der Waals surface area contributed by atoms with Crippen molar-refractivity contribution in [1.29, 1.82) is 10.5 Å². The molecule has 10 aromatic rings. The summed E-state index contributed by atoms with van der Waals surface area (Å²) in [6.45, 7) is 13.1. The van der Waals surface area contributed by atoms with Crippen molar-refractivity contribution in [2.24, 2.45) is 0 Å². The molecule has 4 saturated heterocycles. The maximum absolute atomic E-state index is 11.5. The van der Waals surface area contributed by atoms with E-state index in [2.05, 4.69) is 200 Å². The molecule has 20 nitrogen and oxygen atoms in total. The van der Waals surface area contributed by atoms with E-state index in [1.807, 2.05) is 104 Å². The second-order valence-electron chi connectivity index (χ2n) is 27.2. The number of anilines is 5. The Morgan fingerprint density at radius 1 is 0.482 bits per heavy atom. The number of nitrogens with zero attached hydrogens (tertiary/aromatic N) is 16. The predicted molar refractivity (Wildman–Crippen MR) is 464 cm³/mol. The number of carboxylic acid groups (broad SMARTS) is 1. The molecule has 5 aromatic heterocycles. The van der Waals surface area contributed by atoms with Gasteiger partial charge in [0.15, 0.2) is 0 Å². The highest BCUT2D eigenvalue weighted by Gasteiger charge is 2.35. The van der Waals surface area contributed by atoms with E-state index in [1.54, 1.807) is 49.1 Å². The number of alkyl halides is 2. The number of pyridine rings is 5. The Hall–Kier alpha value is -10.4. The Bertz CT molecular complexity index is 4470. The van der Waals surface area contributed by atoms with Crippen molar-refractivity contribution in [1.82, 2.24) is 49.4 Å². The number of benzene rings is 5. The maximum Gasteiger partial charge on any atom is 0.339 e. The number of hydrogen-bond donors (Lipinski definition) is 3. The van der Waals surface area contributed by atoms with Crippen molar-refractivity contribution in [2.75, 3.05) is 158 Å². The topological polar surface area (TPSA) is 225 Å². The van der Waals surface area contributed by atoms with Crippen molar-refractivity contribution in [3.05, 3.63) is 298 Å². The third-order valence-corrected chi connectivity index (χ3v) is 20.2. The standard InChI is InChI=1S/C17H18N4.C17H19N3O2.C17H21N3O.C17H19N3.C11H15Cl2N.C6H5N3.5CH4/c1-20-10-11-21(17-15(12-18)8-5-9-19-17)16(13-20)14-6-3-2-4-7-14;1-19-10-11-20(15(12-19)13-6-3-2-4-7-13)16-14(17(21)22)8-5-9-18-16;1-19-10-11-20(17-15(13-21)8-5-9-18-17)16(12-19)14-6-3-2-4-7-14;1-19-9-10-20-16(12-19)15-7-3-2-5-13(15)11-14-6-4-8-18-17(14)20;1-14(8-7-12)9-11(13)10-5-3-2-4-6-10;7-4-5-2-1-3-9-6(5)8;;;;;/h2-9,16H,10-11,13H2,1H3;2-9,15H,10-12H2,1H3,(H,21,22);2-9,16,21H,10-13H2,1H3;2-8,16H,9-12H2,1H3;2-6,11H,7-9H2,1H3;1-3H,(H2,8,9);5*1H4. The highest BCUT2D eigenvalue weighted by Crippen LogP contribution is 2.39. The molecule has 5 atom stereocenters. The number of hydrogen-bond acceptors (Lipinski definition) is 19. The normalized spacial score (nSPS) is 17.2. The lowest BCUT2D eigenvalue weighted by Gasteiger charge is -2.41. The van der Waals surface area contributed by atoms with Gasteiger partial charge in [0, 0.05) is 140 Å². The van der Waals surface area contributed by atoms with E-state index >= 15 is 0 Å².